The van der Waals surface area contributed by atoms with Gasteiger partial charge in [-0.15, -0.1) is 0 Å². The van der Waals surface area contributed by atoms with Crippen LogP contribution in [0.15, 0.2) is 18.2 Å². The van der Waals surface area contributed by atoms with E-state index in [1.54, 1.807) is 6.07 Å². The summed E-state index contributed by atoms with van der Waals surface area (Å²) in [5, 5.41) is 3.80. The van der Waals surface area contributed by atoms with E-state index in [0.29, 0.717) is 18.2 Å². The highest BCUT2D eigenvalue weighted by Gasteiger charge is 1.99. The molecule has 0 saturated heterocycles. The Bertz CT molecular complexity index is 357. The van der Waals surface area contributed by atoms with Crippen LogP contribution in [0.5, 0.6) is 5.75 Å². The van der Waals surface area contributed by atoms with Crippen molar-refractivity contribution < 1.29 is 4.74 Å². The van der Waals surface area contributed by atoms with Crippen molar-refractivity contribution in [3.63, 3.8) is 0 Å². The van der Waals surface area contributed by atoms with E-state index in [4.69, 9.17) is 22.1 Å². The fourth-order valence-electron chi connectivity index (χ4n) is 1.11. The predicted molar refractivity (Wildman–Crippen MR) is 66.5 cm³/mol. The third-order valence-electron chi connectivity index (χ3n) is 1.80. The lowest BCUT2D eigenvalue weighted by Gasteiger charge is -2.09. The van der Waals surface area contributed by atoms with E-state index < -0.39 is 0 Å². The number of nitrogens with one attached hydrogen (secondary N) is 1. The molecular formula is C10H13ClN2OS. The average molecular weight is 245 g/mol. The molecule has 0 aromatic heterocycles. The second-order valence-corrected chi connectivity index (χ2v) is 3.93. The molecule has 0 unspecified atom stereocenters. The molecule has 3 N–H and O–H groups in total. The molecule has 0 amide bonds. The Morgan fingerprint density at radius 3 is 2.93 bits per heavy atom. The van der Waals surface area contributed by atoms with Crippen molar-refractivity contribution in [2.24, 2.45) is 5.73 Å². The summed E-state index contributed by atoms with van der Waals surface area (Å²) in [4.78, 5) is 0. The van der Waals surface area contributed by atoms with Crippen LogP contribution in [0, 0.1) is 6.92 Å². The van der Waals surface area contributed by atoms with Crippen LogP contribution >= 0.6 is 23.8 Å². The topological polar surface area (TPSA) is 47.3 Å². The second kappa shape index (κ2) is 5.78. The Morgan fingerprint density at radius 1 is 1.60 bits per heavy atom. The smallest absolute Gasteiger partial charge is 0.163 e. The highest BCUT2D eigenvalue weighted by Crippen LogP contribution is 2.21. The van der Waals surface area contributed by atoms with Crippen LogP contribution in [0.1, 0.15) is 5.56 Å². The van der Waals surface area contributed by atoms with Crippen LogP contribution in [-0.4, -0.2) is 18.3 Å². The van der Waals surface area contributed by atoms with E-state index in [0.717, 1.165) is 11.3 Å². The molecule has 1 rings (SSSR count). The van der Waals surface area contributed by atoms with E-state index in [-0.39, 0.29) is 5.11 Å². The van der Waals surface area contributed by atoms with Crippen LogP contribution in [0.4, 0.5) is 0 Å². The van der Waals surface area contributed by atoms with E-state index >= 15 is 0 Å². The first-order valence-electron chi connectivity index (χ1n) is 4.52. The quantitative estimate of drug-likeness (QED) is 0.627. The molecule has 0 spiro atoms. The Hall–Kier alpha value is -1.00. The summed E-state index contributed by atoms with van der Waals surface area (Å²) in [5.74, 6) is 0.823. The zero-order valence-corrected chi connectivity index (χ0v) is 9.99. The van der Waals surface area contributed by atoms with E-state index in [2.05, 4.69) is 17.5 Å². The van der Waals surface area contributed by atoms with E-state index in [9.17, 15) is 0 Å². The van der Waals surface area contributed by atoms with Gasteiger partial charge in [-0.25, -0.2) is 0 Å². The number of hydrogen-bond acceptors (Lipinski definition) is 2. The van der Waals surface area contributed by atoms with Crippen LogP contribution in [0.2, 0.25) is 5.02 Å². The zero-order valence-electron chi connectivity index (χ0n) is 8.42. The first-order chi connectivity index (χ1) is 7.09. The molecule has 0 saturated carbocycles. The molecule has 15 heavy (non-hydrogen) atoms. The van der Waals surface area contributed by atoms with Crippen molar-refractivity contribution in [3.8, 4) is 5.75 Å². The molecule has 0 fully saturated rings. The third-order valence-corrected chi connectivity index (χ3v) is 2.18. The van der Waals surface area contributed by atoms with Gasteiger partial charge in [0.15, 0.2) is 5.11 Å². The van der Waals surface area contributed by atoms with Crippen molar-refractivity contribution in [2.45, 2.75) is 6.92 Å². The number of benzene rings is 1. The summed E-state index contributed by atoms with van der Waals surface area (Å²) >= 11 is 10.5. The summed E-state index contributed by atoms with van der Waals surface area (Å²) in [5.41, 5.74) is 6.28. The van der Waals surface area contributed by atoms with Gasteiger partial charge in [-0.05, 0) is 42.9 Å². The van der Waals surface area contributed by atoms with Gasteiger partial charge >= 0.3 is 0 Å². The molecule has 5 heteroatoms. The second-order valence-electron chi connectivity index (χ2n) is 3.05. The maximum Gasteiger partial charge on any atom is 0.163 e. The molecule has 0 aliphatic rings. The summed E-state index contributed by atoms with van der Waals surface area (Å²) in [6.07, 6.45) is 0. The van der Waals surface area contributed by atoms with E-state index in [1.165, 1.54) is 0 Å². The molecule has 0 aliphatic carbocycles. The summed E-state index contributed by atoms with van der Waals surface area (Å²) < 4.78 is 5.51. The lowest BCUT2D eigenvalue weighted by atomic mass is 10.2. The molecule has 1 aromatic carbocycles. The van der Waals surface area contributed by atoms with Gasteiger partial charge in [0.05, 0.1) is 6.54 Å². The van der Waals surface area contributed by atoms with Gasteiger partial charge in [-0.2, -0.15) is 0 Å². The van der Waals surface area contributed by atoms with Crippen molar-refractivity contribution in [1.82, 2.24) is 5.32 Å². The molecule has 82 valence electrons. The fraction of sp³-hybridized carbons (Fsp3) is 0.300. The highest BCUT2D eigenvalue weighted by molar-refractivity contribution is 7.80. The monoisotopic (exact) mass is 244 g/mol. The third kappa shape index (κ3) is 4.36. The van der Waals surface area contributed by atoms with Crippen molar-refractivity contribution in [1.29, 1.82) is 0 Å². The molecular weight excluding hydrogens is 232 g/mol. The predicted octanol–water partition coefficient (Wildman–Crippen LogP) is 1.86. The first kappa shape index (κ1) is 12.1. The maximum absolute atomic E-state index is 5.82. The number of rotatable bonds is 4. The lowest BCUT2D eigenvalue weighted by molar-refractivity contribution is 0.320. The summed E-state index contributed by atoms with van der Waals surface area (Å²) in [7, 11) is 0. The minimum Gasteiger partial charge on any atom is -0.491 e. The van der Waals surface area contributed by atoms with Crippen molar-refractivity contribution in [2.75, 3.05) is 13.2 Å². The lowest BCUT2D eigenvalue weighted by Crippen LogP contribution is -2.32. The number of hydrogen-bond donors (Lipinski definition) is 2. The molecule has 0 radical (unpaired) electrons. The highest BCUT2D eigenvalue weighted by atomic mass is 35.5. The molecule has 0 aliphatic heterocycles. The number of ether oxygens (including phenoxy) is 1. The maximum atomic E-state index is 5.82. The molecule has 1 aromatic rings. The van der Waals surface area contributed by atoms with Gasteiger partial charge in [0, 0.05) is 5.02 Å². The fourth-order valence-corrected chi connectivity index (χ4v) is 1.44. The zero-order chi connectivity index (χ0) is 11.3. The Balaban J connectivity index is 2.40. The number of thiocarbonyl (C=S) groups is 1. The van der Waals surface area contributed by atoms with Crippen molar-refractivity contribution in [3.05, 3.63) is 28.8 Å². The first-order valence-corrected chi connectivity index (χ1v) is 5.30. The minimum absolute atomic E-state index is 0.284. The number of aryl methyl sites for hydroxylation is 1. The molecule has 3 nitrogen and oxygen atoms in total. The molecule has 0 bridgehead atoms. The largest absolute Gasteiger partial charge is 0.491 e. The van der Waals surface area contributed by atoms with Gasteiger partial charge in [0.25, 0.3) is 0 Å². The Morgan fingerprint density at radius 2 is 2.33 bits per heavy atom. The number of nitrogens with two attached hydrogens (primary N) is 1. The normalized spacial score (nSPS) is 9.73. The van der Waals surface area contributed by atoms with E-state index in [1.807, 2.05) is 19.1 Å². The minimum atomic E-state index is 0.284. The van der Waals surface area contributed by atoms with Gasteiger partial charge in [-0.1, -0.05) is 11.6 Å². The van der Waals surface area contributed by atoms with Crippen LogP contribution in [-0.2, 0) is 0 Å². The van der Waals surface area contributed by atoms with Crippen LogP contribution in [0.25, 0.3) is 0 Å². The van der Waals surface area contributed by atoms with Crippen LogP contribution in [0.3, 0.4) is 0 Å². The summed E-state index contributed by atoms with van der Waals surface area (Å²) in [6.45, 7) is 3.05. The standard InChI is InChI=1S/C10H13ClN2OS/c1-7-6-8(11)2-3-9(7)14-5-4-13-10(12)15/h2-3,6H,4-5H2,1H3,(H3,12,13,15). The van der Waals surface area contributed by atoms with Crippen LogP contribution < -0.4 is 15.8 Å². The number of halogens is 1. The van der Waals surface area contributed by atoms with Gasteiger partial charge in [-0.3, -0.25) is 0 Å². The molecule has 0 atom stereocenters. The Labute approximate surface area is 99.6 Å². The SMILES string of the molecule is Cc1cc(Cl)ccc1OCCNC(N)=S. The van der Waals surface area contributed by atoms with Gasteiger partial charge in [0.1, 0.15) is 12.4 Å². The molecule has 0 heterocycles. The average Bonchev–Trinajstić information content (AvgIpc) is 2.14. The van der Waals surface area contributed by atoms with Gasteiger partial charge < -0.3 is 15.8 Å². The Kier molecular flexibility index (Phi) is 4.65. The van der Waals surface area contributed by atoms with Gasteiger partial charge in [0.2, 0.25) is 0 Å². The summed E-state index contributed by atoms with van der Waals surface area (Å²) in [6, 6.07) is 5.50. The van der Waals surface area contributed by atoms with Crippen molar-refractivity contribution >= 4 is 28.9 Å².